The lowest BCUT2D eigenvalue weighted by Gasteiger charge is -2.21. The summed E-state index contributed by atoms with van der Waals surface area (Å²) in [5.74, 6) is 0. The van der Waals surface area contributed by atoms with Crippen LogP contribution in [0.3, 0.4) is 0 Å². The van der Waals surface area contributed by atoms with Crippen LogP contribution in [0.2, 0.25) is 0 Å². The van der Waals surface area contributed by atoms with E-state index >= 15 is 0 Å². The van der Waals surface area contributed by atoms with Crippen molar-refractivity contribution in [2.24, 2.45) is 0 Å². The Bertz CT molecular complexity index is 985. The molecule has 0 aliphatic heterocycles. The van der Waals surface area contributed by atoms with E-state index in [1.165, 1.54) is 11.1 Å². The second kappa shape index (κ2) is 6.40. The molecule has 1 atom stereocenters. The van der Waals surface area contributed by atoms with Crippen LogP contribution in [0, 0.1) is 13.8 Å². The maximum absolute atomic E-state index is 4.41. The number of rotatable bonds is 4. The third-order valence-corrected chi connectivity index (χ3v) is 4.37. The van der Waals surface area contributed by atoms with E-state index in [4.69, 9.17) is 0 Å². The molecule has 0 radical (unpaired) electrons. The molecule has 0 bridgehead atoms. The van der Waals surface area contributed by atoms with Crippen molar-refractivity contribution in [2.75, 3.05) is 5.32 Å². The molecule has 0 saturated heterocycles. The number of anilines is 1. The van der Waals surface area contributed by atoms with Crippen molar-refractivity contribution in [3.63, 3.8) is 0 Å². The predicted octanol–water partition coefficient (Wildman–Crippen LogP) is 4.71. The molecule has 0 aliphatic rings. The van der Waals surface area contributed by atoms with Crippen molar-refractivity contribution in [3.8, 4) is 0 Å². The Morgan fingerprint density at radius 3 is 2.16 bits per heavy atom. The highest BCUT2D eigenvalue weighted by atomic mass is 15.5. The predicted molar refractivity (Wildman–Crippen MR) is 102 cm³/mol. The molecule has 0 fully saturated rings. The first-order valence-electron chi connectivity index (χ1n) is 8.40. The fourth-order valence-electron chi connectivity index (χ4n) is 2.92. The van der Waals surface area contributed by atoms with Crippen molar-refractivity contribution in [1.82, 2.24) is 15.0 Å². The second-order valence-electron chi connectivity index (χ2n) is 6.35. The summed E-state index contributed by atoms with van der Waals surface area (Å²) >= 11 is 0. The lowest BCUT2D eigenvalue weighted by molar-refractivity contribution is 0.571. The largest absolute Gasteiger partial charge is 0.360 e. The second-order valence-corrected chi connectivity index (χ2v) is 6.35. The summed E-state index contributed by atoms with van der Waals surface area (Å²) < 4.78 is 1.94. The number of aromatic nitrogens is 3. The monoisotopic (exact) mass is 328 g/mol. The van der Waals surface area contributed by atoms with Crippen LogP contribution < -0.4 is 5.32 Å². The normalized spacial score (nSPS) is 12.2. The Kier molecular flexibility index (Phi) is 3.94. The number of hydrogen-bond acceptors (Lipinski definition) is 3. The van der Waals surface area contributed by atoms with E-state index in [0.717, 1.165) is 22.3 Å². The molecule has 4 heteroatoms. The van der Waals surface area contributed by atoms with Gasteiger partial charge in [-0.2, -0.15) is 0 Å². The maximum Gasteiger partial charge on any atom is 0.149 e. The minimum Gasteiger partial charge on any atom is -0.360 e. The highest BCUT2D eigenvalue weighted by Crippen LogP contribution is 2.25. The van der Waals surface area contributed by atoms with E-state index in [1.807, 2.05) is 28.9 Å². The summed E-state index contributed by atoms with van der Waals surface area (Å²) in [6.07, 6.45) is -0.129. The molecule has 4 nitrogen and oxygen atoms in total. The molecule has 3 aromatic carbocycles. The van der Waals surface area contributed by atoms with Crippen LogP contribution in [-0.4, -0.2) is 15.0 Å². The van der Waals surface area contributed by atoms with Gasteiger partial charge in [-0.15, -0.1) is 5.10 Å². The minimum atomic E-state index is -0.129. The van der Waals surface area contributed by atoms with Gasteiger partial charge in [0.05, 0.1) is 5.52 Å². The Morgan fingerprint density at radius 2 is 1.44 bits per heavy atom. The van der Waals surface area contributed by atoms with Crippen LogP contribution in [0.25, 0.3) is 11.0 Å². The van der Waals surface area contributed by atoms with E-state index in [1.54, 1.807) is 0 Å². The van der Waals surface area contributed by atoms with Crippen molar-refractivity contribution in [1.29, 1.82) is 0 Å². The highest BCUT2D eigenvalue weighted by molar-refractivity contribution is 5.74. The smallest absolute Gasteiger partial charge is 0.149 e. The Labute approximate surface area is 147 Å². The third-order valence-electron chi connectivity index (χ3n) is 4.37. The molecule has 0 amide bonds. The summed E-state index contributed by atoms with van der Waals surface area (Å²) in [6.45, 7) is 4.18. The molecule has 0 saturated carbocycles. The van der Waals surface area contributed by atoms with Gasteiger partial charge in [0.1, 0.15) is 11.7 Å². The Balaban J connectivity index is 1.80. The quantitative estimate of drug-likeness (QED) is 0.590. The molecule has 1 unspecified atom stereocenters. The molecule has 0 aliphatic carbocycles. The summed E-state index contributed by atoms with van der Waals surface area (Å²) in [7, 11) is 0. The molecular weight excluding hydrogens is 308 g/mol. The lowest BCUT2D eigenvalue weighted by atomic mass is 10.1. The van der Waals surface area contributed by atoms with Gasteiger partial charge in [-0.05, 0) is 43.7 Å². The first-order chi connectivity index (χ1) is 12.2. The highest BCUT2D eigenvalue weighted by Gasteiger charge is 2.17. The first kappa shape index (κ1) is 15.4. The van der Waals surface area contributed by atoms with Gasteiger partial charge >= 0.3 is 0 Å². The standard InChI is InChI=1S/C21H20N4/c1-15-7-11-17(12-8-15)21(22-18-13-9-16(2)10-14-18)25-20-6-4-3-5-19(20)23-24-25/h3-14,21-22H,1-2H3. The maximum atomic E-state index is 4.41. The number of para-hydroxylation sites is 1. The lowest BCUT2D eigenvalue weighted by Crippen LogP contribution is -2.21. The zero-order chi connectivity index (χ0) is 17.2. The van der Waals surface area contributed by atoms with E-state index in [0.29, 0.717) is 0 Å². The average Bonchev–Trinajstić information content (AvgIpc) is 3.06. The summed E-state index contributed by atoms with van der Waals surface area (Å²) in [6, 6.07) is 24.9. The minimum absolute atomic E-state index is 0.129. The average molecular weight is 328 g/mol. The van der Waals surface area contributed by atoms with E-state index < -0.39 is 0 Å². The molecule has 4 rings (SSSR count). The topological polar surface area (TPSA) is 42.7 Å². The fraction of sp³-hybridized carbons (Fsp3) is 0.143. The van der Waals surface area contributed by atoms with Crippen molar-refractivity contribution in [3.05, 3.63) is 89.5 Å². The van der Waals surface area contributed by atoms with Gasteiger partial charge in [0.25, 0.3) is 0 Å². The zero-order valence-corrected chi connectivity index (χ0v) is 14.3. The fourth-order valence-corrected chi connectivity index (χ4v) is 2.92. The number of benzene rings is 3. The van der Waals surface area contributed by atoms with Crippen LogP contribution in [0.1, 0.15) is 22.9 Å². The van der Waals surface area contributed by atoms with Crippen molar-refractivity contribution < 1.29 is 0 Å². The van der Waals surface area contributed by atoms with Crippen LogP contribution >= 0.6 is 0 Å². The summed E-state index contributed by atoms with van der Waals surface area (Å²) in [4.78, 5) is 0. The van der Waals surface area contributed by atoms with Gasteiger partial charge in [0.15, 0.2) is 0 Å². The molecule has 25 heavy (non-hydrogen) atoms. The van der Waals surface area contributed by atoms with E-state index in [9.17, 15) is 0 Å². The Morgan fingerprint density at radius 1 is 0.800 bits per heavy atom. The molecule has 4 aromatic rings. The molecular formula is C21H20N4. The number of nitrogens with one attached hydrogen (secondary N) is 1. The molecule has 1 heterocycles. The van der Waals surface area contributed by atoms with Crippen LogP contribution in [0.4, 0.5) is 5.69 Å². The SMILES string of the molecule is Cc1ccc(NC(c2ccc(C)cc2)n2nnc3ccccc32)cc1. The first-order valence-corrected chi connectivity index (χ1v) is 8.40. The summed E-state index contributed by atoms with van der Waals surface area (Å²) in [5, 5.41) is 12.3. The zero-order valence-electron chi connectivity index (χ0n) is 14.3. The molecule has 1 aromatic heterocycles. The van der Waals surface area contributed by atoms with Gasteiger partial charge in [0, 0.05) is 5.69 Å². The molecule has 0 spiro atoms. The molecule has 1 N–H and O–H groups in total. The van der Waals surface area contributed by atoms with Gasteiger partial charge in [-0.1, -0.05) is 64.9 Å². The molecule has 124 valence electrons. The van der Waals surface area contributed by atoms with E-state index in [-0.39, 0.29) is 6.17 Å². The van der Waals surface area contributed by atoms with Crippen LogP contribution in [0.5, 0.6) is 0 Å². The van der Waals surface area contributed by atoms with E-state index in [2.05, 4.69) is 78.0 Å². The third kappa shape index (κ3) is 3.11. The van der Waals surface area contributed by atoms with Crippen molar-refractivity contribution in [2.45, 2.75) is 20.0 Å². The van der Waals surface area contributed by atoms with Gasteiger partial charge in [-0.25, -0.2) is 4.68 Å². The number of hydrogen-bond donors (Lipinski definition) is 1. The number of aryl methyl sites for hydroxylation is 2. The van der Waals surface area contributed by atoms with Crippen LogP contribution in [-0.2, 0) is 0 Å². The van der Waals surface area contributed by atoms with Gasteiger partial charge < -0.3 is 5.32 Å². The van der Waals surface area contributed by atoms with Crippen LogP contribution in [0.15, 0.2) is 72.8 Å². The van der Waals surface area contributed by atoms with Crippen molar-refractivity contribution >= 4 is 16.7 Å². The Hall–Kier alpha value is -3.14. The number of nitrogens with zero attached hydrogens (tertiary/aromatic N) is 3. The van der Waals surface area contributed by atoms with Gasteiger partial charge in [0.2, 0.25) is 0 Å². The number of fused-ring (bicyclic) bond motifs is 1. The summed E-state index contributed by atoms with van der Waals surface area (Å²) in [5.41, 5.74) is 6.57. The van der Waals surface area contributed by atoms with Gasteiger partial charge in [-0.3, -0.25) is 0 Å².